The number of carbonyl (C=O) groups is 2. The zero-order valence-electron chi connectivity index (χ0n) is 14.9. The van der Waals surface area contributed by atoms with E-state index in [-0.39, 0.29) is 24.4 Å². The number of hydrogen-bond acceptors (Lipinski definition) is 5. The first-order chi connectivity index (χ1) is 12.8. The number of thiazole rings is 1. The standard InChI is InChI=1S/C18H19F3N2O3S/c1-3-8-23(10-15-22-14(11-27-15)17(25)26-4-2)16(24)12-6-5-7-13(9-12)18(19,20)21/h5-7,9,11H,3-4,8,10H2,1-2H3. The number of hydrogen-bond donors (Lipinski definition) is 0. The molecule has 0 aliphatic heterocycles. The molecule has 5 nitrogen and oxygen atoms in total. The summed E-state index contributed by atoms with van der Waals surface area (Å²) in [6, 6.07) is 4.33. The van der Waals surface area contributed by atoms with Gasteiger partial charge in [-0.05, 0) is 31.5 Å². The van der Waals surface area contributed by atoms with Crippen molar-refractivity contribution in [3.8, 4) is 0 Å². The van der Waals surface area contributed by atoms with Crippen LogP contribution >= 0.6 is 11.3 Å². The average molecular weight is 400 g/mol. The second-order valence-corrected chi connectivity index (χ2v) is 6.59. The number of ether oxygens (including phenoxy) is 1. The molecule has 1 heterocycles. The van der Waals surface area contributed by atoms with E-state index < -0.39 is 23.6 Å². The van der Waals surface area contributed by atoms with Crippen molar-refractivity contribution in [3.63, 3.8) is 0 Å². The van der Waals surface area contributed by atoms with Crippen LogP contribution in [0.4, 0.5) is 13.2 Å². The maximum absolute atomic E-state index is 12.9. The Balaban J connectivity index is 2.20. The summed E-state index contributed by atoms with van der Waals surface area (Å²) in [6.45, 7) is 4.22. The van der Waals surface area contributed by atoms with Gasteiger partial charge in [0.1, 0.15) is 5.01 Å². The van der Waals surface area contributed by atoms with Crippen molar-refractivity contribution in [2.45, 2.75) is 33.0 Å². The summed E-state index contributed by atoms with van der Waals surface area (Å²) in [6.07, 6.45) is -3.89. The van der Waals surface area contributed by atoms with E-state index in [4.69, 9.17) is 4.74 Å². The molecule has 0 aliphatic carbocycles. The predicted molar refractivity (Wildman–Crippen MR) is 94.5 cm³/mol. The van der Waals surface area contributed by atoms with Crippen LogP contribution in [-0.2, 0) is 17.5 Å². The molecular weight excluding hydrogens is 381 g/mol. The van der Waals surface area contributed by atoms with E-state index in [9.17, 15) is 22.8 Å². The number of aromatic nitrogens is 1. The van der Waals surface area contributed by atoms with Crippen molar-refractivity contribution in [2.24, 2.45) is 0 Å². The smallest absolute Gasteiger partial charge is 0.416 e. The molecule has 27 heavy (non-hydrogen) atoms. The maximum atomic E-state index is 12.9. The minimum Gasteiger partial charge on any atom is -0.461 e. The van der Waals surface area contributed by atoms with Crippen molar-refractivity contribution in [3.05, 3.63) is 51.5 Å². The highest BCUT2D eigenvalue weighted by molar-refractivity contribution is 7.09. The Morgan fingerprint density at radius 2 is 2.00 bits per heavy atom. The maximum Gasteiger partial charge on any atom is 0.416 e. The van der Waals surface area contributed by atoms with Crippen LogP contribution in [0.2, 0.25) is 0 Å². The predicted octanol–water partition coefficient (Wildman–Crippen LogP) is 4.39. The Morgan fingerprint density at radius 1 is 1.26 bits per heavy atom. The Hall–Kier alpha value is -2.42. The molecule has 0 aliphatic rings. The topological polar surface area (TPSA) is 59.5 Å². The largest absolute Gasteiger partial charge is 0.461 e. The molecule has 2 rings (SSSR count). The number of amides is 1. The van der Waals surface area contributed by atoms with E-state index in [1.807, 2.05) is 6.92 Å². The zero-order valence-corrected chi connectivity index (χ0v) is 15.7. The van der Waals surface area contributed by atoms with Gasteiger partial charge in [-0.2, -0.15) is 13.2 Å². The van der Waals surface area contributed by atoms with E-state index in [0.29, 0.717) is 18.0 Å². The van der Waals surface area contributed by atoms with E-state index in [1.165, 1.54) is 33.7 Å². The highest BCUT2D eigenvalue weighted by Gasteiger charge is 2.31. The van der Waals surface area contributed by atoms with Crippen molar-refractivity contribution in [1.29, 1.82) is 0 Å². The normalized spacial score (nSPS) is 11.3. The summed E-state index contributed by atoms with van der Waals surface area (Å²) in [7, 11) is 0. The van der Waals surface area contributed by atoms with E-state index in [0.717, 1.165) is 12.1 Å². The lowest BCUT2D eigenvalue weighted by Gasteiger charge is -2.21. The first-order valence-corrected chi connectivity index (χ1v) is 9.22. The number of carbonyl (C=O) groups excluding carboxylic acids is 2. The molecule has 0 saturated heterocycles. The minimum atomic E-state index is -4.52. The van der Waals surface area contributed by atoms with Crippen molar-refractivity contribution in [1.82, 2.24) is 9.88 Å². The van der Waals surface area contributed by atoms with Gasteiger partial charge in [0, 0.05) is 17.5 Å². The number of nitrogens with zero attached hydrogens (tertiary/aromatic N) is 2. The van der Waals surface area contributed by atoms with Crippen molar-refractivity contribution < 1.29 is 27.5 Å². The molecule has 0 N–H and O–H groups in total. The molecule has 1 amide bonds. The van der Waals surface area contributed by atoms with E-state index >= 15 is 0 Å². The Morgan fingerprint density at radius 3 is 2.63 bits per heavy atom. The molecule has 0 unspecified atom stereocenters. The SMILES string of the molecule is CCCN(Cc1nc(C(=O)OCC)cs1)C(=O)c1cccc(C(F)(F)F)c1. The molecule has 0 spiro atoms. The van der Waals surface area contributed by atoms with Gasteiger partial charge in [-0.25, -0.2) is 9.78 Å². The summed E-state index contributed by atoms with van der Waals surface area (Å²) in [5.41, 5.74) is -0.760. The van der Waals surface area contributed by atoms with Crippen LogP contribution in [0.1, 0.15) is 51.7 Å². The fraction of sp³-hybridized carbons (Fsp3) is 0.389. The van der Waals surface area contributed by atoms with Crippen LogP contribution in [0.15, 0.2) is 29.6 Å². The fourth-order valence-electron chi connectivity index (χ4n) is 2.38. The molecule has 0 fully saturated rings. The van der Waals surface area contributed by atoms with Gasteiger partial charge in [0.2, 0.25) is 0 Å². The molecule has 9 heteroatoms. The van der Waals surface area contributed by atoms with Gasteiger partial charge >= 0.3 is 12.1 Å². The summed E-state index contributed by atoms with van der Waals surface area (Å²) < 4.78 is 43.5. The van der Waals surface area contributed by atoms with Gasteiger partial charge in [0.15, 0.2) is 5.69 Å². The van der Waals surface area contributed by atoms with Crippen molar-refractivity contribution >= 4 is 23.2 Å². The van der Waals surface area contributed by atoms with Crippen LogP contribution in [0, 0.1) is 0 Å². The molecule has 0 saturated carbocycles. The van der Waals surface area contributed by atoms with Crippen LogP contribution in [0.25, 0.3) is 0 Å². The Labute approximate surface area is 158 Å². The molecule has 1 aromatic carbocycles. The van der Waals surface area contributed by atoms with Crippen LogP contribution in [0.3, 0.4) is 0 Å². The monoisotopic (exact) mass is 400 g/mol. The third-order valence-electron chi connectivity index (χ3n) is 3.58. The first kappa shape index (κ1) is 20.9. The summed E-state index contributed by atoms with van der Waals surface area (Å²) in [5, 5.41) is 2.04. The number of halogens is 3. The molecule has 1 aromatic heterocycles. The van der Waals surface area contributed by atoms with E-state index in [2.05, 4.69) is 4.98 Å². The van der Waals surface area contributed by atoms with Crippen LogP contribution < -0.4 is 0 Å². The molecule has 0 atom stereocenters. The Kier molecular flexibility index (Phi) is 6.95. The molecule has 2 aromatic rings. The lowest BCUT2D eigenvalue weighted by Crippen LogP contribution is -2.31. The lowest BCUT2D eigenvalue weighted by molar-refractivity contribution is -0.137. The van der Waals surface area contributed by atoms with Gasteiger partial charge in [-0.3, -0.25) is 4.79 Å². The minimum absolute atomic E-state index is 0.0413. The zero-order chi connectivity index (χ0) is 20.0. The summed E-state index contributed by atoms with van der Waals surface area (Å²) in [5.74, 6) is -1.07. The third-order valence-corrected chi connectivity index (χ3v) is 4.41. The van der Waals surface area contributed by atoms with Crippen LogP contribution in [0.5, 0.6) is 0 Å². The van der Waals surface area contributed by atoms with Gasteiger partial charge in [0.05, 0.1) is 18.7 Å². The fourth-order valence-corrected chi connectivity index (χ4v) is 3.16. The number of benzene rings is 1. The Bertz CT molecular complexity index is 805. The second-order valence-electron chi connectivity index (χ2n) is 5.65. The van der Waals surface area contributed by atoms with Gasteiger partial charge in [-0.1, -0.05) is 13.0 Å². The molecule has 0 bridgehead atoms. The molecular formula is C18H19F3N2O3S. The third kappa shape index (κ3) is 5.53. The number of rotatable bonds is 7. The van der Waals surface area contributed by atoms with Crippen LogP contribution in [-0.4, -0.2) is 34.9 Å². The average Bonchev–Trinajstić information content (AvgIpc) is 3.09. The highest BCUT2D eigenvalue weighted by atomic mass is 32.1. The molecule has 0 radical (unpaired) electrons. The quantitative estimate of drug-likeness (QED) is 0.647. The van der Waals surface area contributed by atoms with Gasteiger partial charge < -0.3 is 9.64 Å². The van der Waals surface area contributed by atoms with Gasteiger partial charge in [-0.15, -0.1) is 11.3 Å². The first-order valence-electron chi connectivity index (χ1n) is 8.34. The second kappa shape index (κ2) is 8.98. The number of alkyl halides is 3. The summed E-state index contributed by atoms with van der Waals surface area (Å²) >= 11 is 1.19. The van der Waals surface area contributed by atoms with E-state index in [1.54, 1.807) is 6.92 Å². The van der Waals surface area contributed by atoms with Crippen molar-refractivity contribution in [2.75, 3.05) is 13.2 Å². The highest BCUT2D eigenvalue weighted by Crippen LogP contribution is 2.30. The molecule has 146 valence electrons. The number of esters is 1. The van der Waals surface area contributed by atoms with Gasteiger partial charge in [0.25, 0.3) is 5.91 Å². The summed E-state index contributed by atoms with van der Waals surface area (Å²) in [4.78, 5) is 30.0. The lowest BCUT2D eigenvalue weighted by atomic mass is 10.1.